The lowest BCUT2D eigenvalue weighted by atomic mass is 10.4. The molecule has 1 rings (SSSR count). The van der Waals surface area contributed by atoms with Crippen molar-refractivity contribution in [3.63, 3.8) is 0 Å². The highest BCUT2D eigenvalue weighted by Gasteiger charge is 2.22. The summed E-state index contributed by atoms with van der Waals surface area (Å²) in [6.07, 6.45) is 4.27. The van der Waals surface area contributed by atoms with Crippen LogP contribution in [0.1, 0.15) is 0 Å². The largest absolute Gasteiger partial charge is 0.427 e. The van der Waals surface area contributed by atoms with Crippen LogP contribution in [-0.4, -0.2) is 21.1 Å². The van der Waals surface area contributed by atoms with E-state index in [1.807, 2.05) is 0 Å². The molecule has 1 fully saturated rings. The van der Waals surface area contributed by atoms with Gasteiger partial charge in [-0.05, 0) is 0 Å². The summed E-state index contributed by atoms with van der Waals surface area (Å²) in [6, 6.07) is 0. The first-order valence-electron chi connectivity index (χ1n) is 2.70. The zero-order valence-corrected chi connectivity index (χ0v) is 7.27. The highest BCUT2D eigenvalue weighted by molar-refractivity contribution is 7.93. The topological polar surface area (TPSA) is 65.0 Å². The molecule has 1 aliphatic rings. The van der Waals surface area contributed by atoms with E-state index in [2.05, 4.69) is 18.1 Å². The molecular formula is C4H4FNO4S2. The Morgan fingerprint density at radius 3 is 2.83 bits per heavy atom. The third-order valence-electron chi connectivity index (χ3n) is 0.854. The van der Waals surface area contributed by atoms with Crippen molar-refractivity contribution < 1.29 is 20.7 Å². The molecule has 2 unspecified atom stereocenters. The average Bonchev–Trinajstić information content (AvgIpc) is 2.32. The molecule has 1 heterocycles. The van der Waals surface area contributed by atoms with Crippen molar-refractivity contribution in [3.05, 3.63) is 0 Å². The van der Waals surface area contributed by atoms with Gasteiger partial charge in [0.25, 0.3) is 0 Å². The van der Waals surface area contributed by atoms with Crippen molar-refractivity contribution in [2.75, 3.05) is 6.61 Å². The van der Waals surface area contributed by atoms with Gasteiger partial charge in [0.1, 0.15) is 6.61 Å². The predicted molar refractivity (Wildman–Crippen MR) is 39.5 cm³/mol. The summed E-state index contributed by atoms with van der Waals surface area (Å²) in [5.74, 6) is 2.16. The fraction of sp³-hybridized carbons (Fsp3) is 0.500. The van der Waals surface area contributed by atoms with Crippen molar-refractivity contribution in [2.45, 2.75) is 6.10 Å². The zero-order valence-electron chi connectivity index (χ0n) is 5.64. The molecule has 0 saturated carbocycles. The van der Waals surface area contributed by atoms with Crippen LogP contribution in [-0.2, 0) is 30.0 Å². The van der Waals surface area contributed by atoms with Gasteiger partial charge in [-0.3, -0.25) is 8.37 Å². The van der Waals surface area contributed by atoms with E-state index in [1.165, 1.54) is 0 Å². The summed E-state index contributed by atoms with van der Waals surface area (Å²) in [7, 11) is -4.92. The molecule has 5 nitrogen and oxygen atoms in total. The molecule has 1 aliphatic heterocycles. The van der Waals surface area contributed by atoms with Crippen LogP contribution in [0.15, 0.2) is 3.77 Å². The maximum atomic E-state index is 11.9. The maximum Gasteiger partial charge on any atom is 0.427 e. The molecule has 12 heavy (non-hydrogen) atoms. The highest BCUT2D eigenvalue weighted by Crippen LogP contribution is 2.12. The van der Waals surface area contributed by atoms with Gasteiger partial charge < -0.3 is 0 Å². The lowest BCUT2D eigenvalue weighted by Crippen LogP contribution is -2.04. The summed E-state index contributed by atoms with van der Waals surface area (Å²) < 4.78 is 43.6. The van der Waals surface area contributed by atoms with E-state index in [-0.39, 0.29) is 6.61 Å². The monoisotopic (exact) mass is 213 g/mol. The van der Waals surface area contributed by atoms with E-state index in [4.69, 9.17) is 6.42 Å². The lowest BCUT2D eigenvalue weighted by Gasteiger charge is -1.92. The highest BCUT2D eigenvalue weighted by atomic mass is 32.3. The summed E-state index contributed by atoms with van der Waals surface area (Å²) in [4.78, 5) is 0. The Hall–Kier alpha value is -0.490. The van der Waals surface area contributed by atoms with Crippen molar-refractivity contribution in [1.29, 1.82) is 0 Å². The van der Waals surface area contributed by atoms with Crippen LogP contribution in [0.25, 0.3) is 0 Å². The molecule has 0 N–H and O–H groups in total. The first-order valence-corrected chi connectivity index (χ1v) is 5.07. The Labute approximate surface area is 71.7 Å². The van der Waals surface area contributed by atoms with Gasteiger partial charge in [-0.2, -0.15) is 8.42 Å². The van der Waals surface area contributed by atoms with Crippen molar-refractivity contribution >= 4 is 21.7 Å². The molecule has 0 aromatic heterocycles. The Bertz CT molecular complexity index is 343. The van der Waals surface area contributed by atoms with E-state index in [1.54, 1.807) is 0 Å². The Kier molecular flexibility index (Phi) is 2.79. The van der Waals surface area contributed by atoms with E-state index >= 15 is 0 Å². The van der Waals surface area contributed by atoms with Gasteiger partial charge in [-0.25, -0.2) is 0 Å². The first-order chi connectivity index (χ1) is 5.51. The second kappa shape index (κ2) is 3.49. The third kappa shape index (κ3) is 2.86. The van der Waals surface area contributed by atoms with Gasteiger partial charge in [-0.1, -0.05) is 13.6 Å². The van der Waals surface area contributed by atoms with Crippen LogP contribution < -0.4 is 0 Å². The molecule has 68 valence electrons. The third-order valence-corrected chi connectivity index (χ3v) is 2.79. The van der Waals surface area contributed by atoms with Gasteiger partial charge in [0.05, 0.1) is 0 Å². The number of halogens is 1. The van der Waals surface area contributed by atoms with Crippen LogP contribution in [0.2, 0.25) is 0 Å². The molecule has 0 aliphatic carbocycles. The Balaban J connectivity index is 2.72. The smallest absolute Gasteiger partial charge is 0.280 e. The van der Waals surface area contributed by atoms with Gasteiger partial charge in [0.15, 0.2) is 17.4 Å². The van der Waals surface area contributed by atoms with Crippen molar-refractivity contribution in [1.82, 2.24) is 0 Å². The van der Waals surface area contributed by atoms with Gasteiger partial charge in [-0.15, -0.1) is 6.42 Å². The normalized spacial score (nSPS) is 30.3. The molecule has 0 radical (unpaired) electrons. The quantitative estimate of drug-likeness (QED) is 0.450. The van der Waals surface area contributed by atoms with Crippen LogP contribution >= 0.6 is 0 Å². The average molecular weight is 213 g/mol. The first kappa shape index (κ1) is 9.60. The van der Waals surface area contributed by atoms with E-state index in [0.717, 1.165) is 0 Å². The fourth-order valence-electron chi connectivity index (χ4n) is 0.463. The number of hydrogen-bond acceptors (Lipinski definition) is 4. The summed E-state index contributed by atoms with van der Waals surface area (Å²) in [5.41, 5.74) is 0. The number of rotatable bonds is 1. The summed E-state index contributed by atoms with van der Waals surface area (Å²) >= 11 is -1.71. The molecule has 2 atom stereocenters. The molecular weight excluding hydrogens is 209 g/mol. The number of terminal acetylenes is 1. The van der Waals surface area contributed by atoms with Crippen LogP contribution in [0, 0.1) is 12.3 Å². The van der Waals surface area contributed by atoms with Gasteiger partial charge in [0, 0.05) is 0 Å². The van der Waals surface area contributed by atoms with Crippen LogP contribution in [0.3, 0.4) is 0 Å². The summed E-state index contributed by atoms with van der Waals surface area (Å²) in [5, 5.41) is 0. The Morgan fingerprint density at radius 1 is 1.75 bits per heavy atom. The number of nitrogens with zero attached hydrogens (tertiary/aromatic N) is 1. The van der Waals surface area contributed by atoms with E-state index in [9.17, 15) is 12.3 Å². The van der Waals surface area contributed by atoms with Crippen molar-refractivity contribution in [2.24, 2.45) is 3.77 Å². The summed E-state index contributed by atoms with van der Waals surface area (Å²) in [6.45, 7) is 0.0264. The zero-order chi connectivity index (χ0) is 9.19. The molecule has 0 bridgehead atoms. The minimum atomic E-state index is -4.92. The maximum absolute atomic E-state index is 11.9. The van der Waals surface area contributed by atoms with Gasteiger partial charge >= 0.3 is 10.4 Å². The van der Waals surface area contributed by atoms with Gasteiger partial charge in [0.2, 0.25) is 0 Å². The number of hydrogen-bond donors (Lipinski definition) is 0. The minimum Gasteiger partial charge on any atom is -0.280 e. The minimum absolute atomic E-state index is 0.0264. The molecule has 8 heteroatoms. The van der Waals surface area contributed by atoms with Crippen LogP contribution in [0.4, 0.5) is 3.89 Å². The van der Waals surface area contributed by atoms with Crippen molar-refractivity contribution in [3.8, 4) is 12.3 Å². The second-order valence-corrected chi connectivity index (χ2v) is 4.02. The molecule has 0 aromatic rings. The van der Waals surface area contributed by atoms with E-state index < -0.39 is 27.8 Å². The molecule has 1 saturated heterocycles. The molecule has 0 spiro atoms. The van der Waals surface area contributed by atoms with E-state index in [0.29, 0.717) is 0 Å². The Morgan fingerprint density at radius 2 is 2.42 bits per heavy atom. The standard InChI is InChI=1S/C4H4FNO4S2/c1-2-4-3-9-11(10-4)6-12(5,7)8/h1,4H,3H2. The van der Waals surface area contributed by atoms with Crippen LogP contribution in [0.5, 0.6) is 0 Å². The fourth-order valence-corrected chi connectivity index (χ4v) is 1.96. The molecule has 0 aromatic carbocycles. The lowest BCUT2D eigenvalue weighted by molar-refractivity contribution is 0.303. The SMILES string of the molecule is C#CC1COS(=NS(=O)(=O)F)O1. The predicted octanol–water partition coefficient (Wildman–Crippen LogP) is -0.119. The molecule has 0 amide bonds. The second-order valence-electron chi connectivity index (χ2n) is 1.74.